The molecule has 10 unspecified atom stereocenters. The predicted octanol–water partition coefficient (Wildman–Crippen LogP) is 12.4. The van der Waals surface area contributed by atoms with Crippen molar-refractivity contribution in [3.8, 4) is 0 Å². The van der Waals surface area contributed by atoms with E-state index in [-0.39, 0.29) is 6.17 Å². The predicted molar refractivity (Wildman–Crippen MR) is 262 cm³/mol. The highest BCUT2D eigenvalue weighted by Crippen LogP contribution is 2.56. The maximum absolute atomic E-state index is 7.11. The largest absolute Gasteiger partial charge is 0.494 e. The number of amidine groups is 2. The molecule has 0 bridgehead atoms. The SMILES string of the molecule is CC1C=C(C2=CC(C3N=C(C4=CCCCC4)N=C(C4=CCCC=C4)N3C)=C(C3=CC4=C(CC3)OC3CC5C6CC=CCC6N(C6=CC=CCC6)C5CC43)NC2)CC(C2C=CC=CC2)C1. The van der Waals surface area contributed by atoms with Crippen LogP contribution in [-0.2, 0) is 4.74 Å². The van der Waals surface area contributed by atoms with E-state index in [0.717, 1.165) is 81.9 Å². The first kappa shape index (κ1) is 40.7. The molecule has 6 heteroatoms. The molecule has 1 saturated heterocycles. The molecule has 0 amide bonds. The average Bonchev–Trinajstić information content (AvgIpc) is 3.88. The van der Waals surface area contributed by atoms with Crippen molar-refractivity contribution in [1.82, 2.24) is 15.1 Å². The zero-order valence-electron chi connectivity index (χ0n) is 38.4. The Balaban J connectivity index is 0.931. The molecule has 12 aliphatic rings. The van der Waals surface area contributed by atoms with E-state index in [0.29, 0.717) is 47.8 Å². The Morgan fingerprint density at radius 3 is 2.53 bits per heavy atom. The smallest absolute Gasteiger partial charge is 0.154 e. The fraction of sp³-hybridized carbons (Fsp3) is 0.517. The van der Waals surface area contributed by atoms with Crippen LogP contribution in [0.25, 0.3) is 0 Å². The van der Waals surface area contributed by atoms with Gasteiger partial charge in [0.1, 0.15) is 17.7 Å². The number of likely N-dealkylation sites (tertiary alicyclic amines) is 1. The zero-order valence-corrected chi connectivity index (χ0v) is 38.4. The number of nitrogens with zero attached hydrogens (tertiary/aromatic N) is 4. The standard InChI is InChI=1S/C58H69N5O/c1-37-29-42(38-17-7-3-8-18-38)31-43(30-37)44-33-50(58-61-56(39-19-9-4-10-20-39)60-57(62(58)2)40-21-11-5-12-22-40)55(59-36-44)41-27-28-53-48(32-41)49-34-52-47(35-54(49)64-53)46-25-15-16-26-51(46)63(52)45-23-13-6-14-24-45/h3,6-8,11,13,15-17,19,21-23,30,32-33,37-38,42,46-47,49,51-52,54,58-59H,4-5,9-10,12,14,18,20,24-29,31,34-36H2,1-2H3. The molecule has 8 aliphatic carbocycles. The van der Waals surface area contributed by atoms with Crippen molar-refractivity contribution in [3.63, 3.8) is 0 Å². The second-order valence-electron chi connectivity index (χ2n) is 21.1. The number of likely N-dealkylation sites (N-methyl/N-ethyl adjacent to an activating group) is 1. The number of hydrogen-bond acceptors (Lipinski definition) is 6. The minimum absolute atomic E-state index is 0.190. The molecule has 0 aromatic carbocycles. The Labute approximate surface area is 382 Å². The number of nitrogens with one attached hydrogen (secondary N) is 1. The van der Waals surface area contributed by atoms with Crippen molar-refractivity contribution in [2.24, 2.45) is 45.5 Å². The van der Waals surface area contributed by atoms with Gasteiger partial charge >= 0.3 is 0 Å². The molecular formula is C58H69N5O. The van der Waals surface area contributed by atoms with Gasteiger partial charge in [0, 0.05) is 60.6 Å². The normalized spacial score (nSPS) is 36.6. The number of fused-ring (bicyclic) bond motifs is 5. The number of rotatable bonds is 7. The van der Waals surface area contributed by atoms with E-state index in [1.807, 2.05) is 0 Å². The lowest BCUT2D eigenvalue weighted by Crippen LogP contribution is -2.44. The van der Waals surface area contributed by atoms with Crippen molar-refractivity contribution >= 4 is 11.7 Å². The summed E-state index contributed by atoms with van der Waals surface area (Å²) in [7, 11) is 2.25. The Morgan fingerprint density at radius 1 is 0.750 bits per heavy atom. The molecule has 0 aromatic rings. The highest BCUT2D eigenvalue weighted by Gasteiger charge is 2.56. The minimum atomic E-state index is -0.190. The van der Waals surface area contributed by atoms with Crippen molar-refractivity contribution in [2.45, 2.75) is 140 Å². The van der Waals surface area contributed by atoms with Gasteiger partial charge in [-0.1, -0.05) is 85.9 Å². The molecular weight excluding hydrogens is 783 g/mol. The Kier molecular flexibility index (Phi) is 10.9. The molecule has 332 valence electrons. The summed E-state index contributed by atoms with van der Waals surface area (Å²) in [4.78, 5) is 16.5. The first-order valence-corrected chi connectivity index (χ1v) is 25.6. The summed E-state index contributed by atoms with van der Waals surface area (Å²) in [5.41, 5.74) is 12.6. The average molecular weight is 852 g/mol. The van der Waals surface area contributed by atoms with Gasteiger partial charge in [-0.25, -0.2) is 9.98 Å². The lowest BCUT2D eigenvalue weighted by molar-refractivity contribution is 0.0305. The molecule has 4 heterocycles. The van der Waals surface area contributed by atoms with Crippen LogP contribution in [-0.4, -0.2) is 59.4 Å². The topological polar surface area (TPSA) is 52.5 Å². The van der Waals surface area contributed by atoms with Gasteiger partial charge in [0.2, 0.25) is 0 Å². The van der Waals surface area contributed by atoms with E-state index in [9.17, 15) is 0 Å². The maximum Gasteiger partial charge on any atom is 0.154 e. The van der Waals surface area contributed by atoms with Crippen LogP contribution in [0.4, 0.5) is 0 Å². The van der Waals surface area contributed by atoms with E-state index in [2.05, 4.69) is 126 Å². The van der Waals surface area contributed by atoms with Gasteiger partial charge in [0.25, 0.3) is 0 Å². The van der Waals surface area contributed by atoms with Crippen molar-refractivity contribution in [2.75, 3.05) is 13.6 Å². The molecule has 6 nitrogen and oxygen atoms in total. The van der Waals surface area contributed by atoms with Crippen LogP contribution in [0, 0.1) is 35.5 Å². The third-order valence-corrected chi connectivity index (χ3v) is 17.3. The van der Waals surface area contributed by atoms with Crippen LogP contribution in [0.2, 0.25) is 0 Å². The fourth-order valence-electron chi connectivity index (χ4n) is 14.2. The fourth-order valence-corrected chi connectivity index (χ4v) is 14.2. The van der Waals surface area contributed by atoms with Crippen molar-refractivity contribution < 1.29 is 4.74 Å². The van der Waals surface area contributed by atoms with E-state index in [1.165, 1.54) is 102 Å². The van der Waals surface area contributed by atoms with E-state index in [1.54, 1.807) is 5.70 Å². The lowest BCUT2D eigenvalue weighted by Gasteiger charge is -2.41. The molecule has 12 rings (SSSR count). The molecule has 1 N–H and O–H groups in total. The summed E-state index contributed by atoms with van der Waals surface area (Å²) in [5, 5.41) is 4.18. The highest BCUT2D eigenvalue weighted by molar-refractivity contribution is 6.14. The van der Waals surface area contributed by atoms with Gasteiger partial charge in [-0.05, 0) is 178 Å². The van der Waals surface area contributed by atoms with E-state index >= 15 is 0 Å². The molecule has 64 heavy (non-hydrogen) atoms. The van der Waals surface area contributed by atoms with E-state index < -0.39 is 0 Å². The second kappa shape index (κ2) is 17.2. The van der Waals surface area contributed by atoms with Crippen molar-refractivity contribution in [1.29, 1.82) is 0 Å². The Morgan fingerprint density at radius 2 is 1.69 bits per heavy atom. The quantitative estimate of drug-likeness (QED) is 0.259. The van der Waals surface area contributed by atoms with Crippen LogP contribution in [0.1, 0.15) is 116 Å². The number of aliphatic imine (C=N–C) groups is 2. The number of hydrogen-bond donors (Lipinski definition) is 1. The number of ether oxygens (including phenoxy) is 1. The summed E-state index contributed by atoms with van der Waals surface area (Å²) in [6.07, 6.45) is 58.2. The third kappa shape index (κ3) is 7.39. The zero-order chi connectivity index (χ0) is 42.7. The highest BCUT2D eigenvalue weighted by atomic mass is 16.5. The molecule has 2 fully saturated rings. The monoisotopic (exact) mass is 852 g/mol. The Hall–Kier alpha value is -4.84. The van der Waals surface area contributed by atoms with Crippen LogP contribution in [0.15, 0.2) is 163 Å². The minimum Gasteiger partial charge on any atom is -0.494 e. The summed E-state index contributed by atoms with van der Waals surface area (Å²) >= 11 is 0. The molecule has 4 aliphatic heterocycles. The van der Waals surface area contributed by atoms with E-state index in [4.69, 9.17) is 14.7 Å². The summed E-state index contributed by atoms with van der Waals surface area (Å²) in [5.74, 6) is 7.00. The summed E-state index contributed by atoms with van der Waals surface area (Å²) < 4.78 is 7.11. The van der Waals surface area contributed by atoms with Gasteiger partial charge in [-0.3, -0.25) is 0 Å². The first-order chi connectivity index (χ1) is 31.5. The molecule has 10 atom stereocenters. The summed E-state index contributed by atoms with van der Waals surface area (Å²) in [6, 6.07) is 1.22. The van der Waals surface area contributed by atoms with Gasteiger partial charge in [-0.2, -0.15) is 0 Å². The number of allylic oxidation sites excluding steroid dienone is 16. The van der Waals surface area contributed by atoms with Crippen LogP contribution < -0.4 is 5.32 Å². The van der Waals surface area contributed by atoms with Gasteiger partial charge in [0.05, 0.1) is 0 Å². The first-order valence-electron chi connectivity index (χ1n) is 25.6. The number of dihydropyridines is 1. The lowest BCUT2D eigenvalue weighted by atomic mass is 9.69. The molecule has 0 spiro atoms. The third-order valence-electron chi connectivity index (χ3n) is 17.3. The van der Waals surface area contributed by atoms with Crippen LogP contribution >= 0.6 is 0 Å². The van der Waals surface area contributed by atoms with Crippen molar-refractivity contribution in [3.05, 3.63) is 153 Å². The molecule has 1 saturated carbocycles. The van der Waals surface area contributed by atoms with Crippen LogP contribution in [0.5, 0.6) is 0 Å². The second-order valence-corrected chi connectivity index (χ2v) is 21.1. The van der Waals surface area contributed by atoms with Gasteiger partial charge < -0.3 is 19.9 Å². The van der Waals surface area contributed by atoms with Crippen LogP contribution in [0.3, 0.4) is 0 Å². The van der Waals surface area contributed by atoms with Gasteiger partial charge in [-0.15, -0.1) is 0 Å². The summed E-state index contributed by atoms with van der Waals surface area (Å²) in [6.45, 7) is 3.29. The Bertz CT molecular complexity index is 2410. The molecule has 0 radical (unpaired) electrons. The van der Waals surface area contributed by atoms with Gasteiger partial charge in [0.15, 0.2) is 12.0 Å². The maximum atomic E-state index is 7.11. The molecule has 0 aromatic heterocycles.